The highest BCUT2D eigenvalue weighted by molar-refractivity contribution is 8.00. The first-order valence-corrected chi connectivity index (χ1v) is 10.2. The van der Waals surface area contributed by atoms with E-state index >= 15 is 0 Å². The number of carbonyl (C=O) groups is 1. The zero-order valence-corrected chi connectivity index (χ0v) is 16.4. The van der Waals surface area contributed by atoms with E-state index in [-0.39, 0.29) is 17.7 Å². The van der Waals surface area contributed by atoms with Crippen LogP contribution < -0.4 is 11.0 Å². The minimum Gasteiger partial charge on any atom is -0.376 e. The number of carbonyl (C=O) groups excluding carboxylic acids is 1. The third-order valence-electron chi connectivity index (χ3n) is 4.80. The number of hydrogen-bond donors (Lipinski definition) is 2. The van der Waals surface area contributed by atoms with Gasteiger partial charge in [0.15, 0.2) is 5.16 Å². The molecule has 146 valence electrons. The van der Waals surface area contributed by atoms with Gasteiger partial charge in [0.05, 0.1) is 17.9 Å². The monoisotopic (exact) mass is 398 g/mol. The van der Waals surface area contributed by atoms with Crippen LogP contribution >= 0.6 is 11.8 Å². The summed E-state index contributed by atoms with van der Waals surface area (Å²) in [6.45, 7) is 2.98. The van der Waals surface area contributed by atoms with Gasteiger partial charge in [-0.3, -0.25) is 9.36 Å². The van der Waals surface area contributed by atoms with Crippen molar-refractivity contribution in [2.24, 2.45) is 0 Å². The van der Waals surface area contributed by atoms with Crippen LogP contribution in [0.15, 0.2) is 52.4 Å². The molecule has 1 aliphatic heterocycles. The van der Waals surface area contributed by atoms with Crippen LogP contribution in [0.3, 0.4) is 0 Å². The molecule has 28 heavy (non-hydrogen) atoms. The molecule has 1 fully saturated rings. The van der Waals surface area contributed by atoms with Crippen molar-refractivity contribution in [3.8, 4) is 0 Å². The fourth-order valence-electron chi connectivity index (χ4n) is 3.27. The third kappa shape index (κ3) is 4.13. The summed E-state index contributed by atoms with van der Waals surface area (Å²) >= 11 is 1.26. The summed E-state index contributed by atoms with van der Waals surface area (Å²) in [5.41, 5.74) is 0.468. The first kappa shape index (κ1) is 18.8. The Morgan fingerprint density at radius 3 is 2.96 bits per heavy atom. The van der Waals surface area contributed by atoms with Crippen molar-refractivity contribution in [3.63, 3.8) is 0 Å². The molecule has 4 rings (SSSR count). The molecule has 2 heterocycles. The molecular formula is C20H22N4O3S. The molecule has 1 amide bonds. The van der Waals surface area contributed by atoms with Crippen molar-refractivity contribution in [2.75, 3.05) is 11.9 Å². The van der Waals surface area contributed by atoms with E-state index in [0.29, 0.717) is 11.7 Å². The van der Waals surface area contributed by atoms with Gasteiger partial charge in [-0.25, -0.2) is 9.89 Å². The summed E-state index contributed by atoms with van der Waals surface area (Å²) in [5, 5.41) is 11.8. The van der Waals surface area contributed by atoms with Crippen LogP contribution in [0.4, 0.5) is 5.69 Å². The van der Waals surface area contributed by atoms with Crippen LogP contribution in [-0.2, 0) is 16.1 Å². The Kier molecular flexibility index (Phi) is 5.50. The smallest absolute Gasteiger partial charge is 0.344 e. The van der Waals surface area contributed by atoms with Crippen LogP contribution in [0.5, 0.6) is 0 Å². The molecule has 1 saturated heterocycles. The molecule has 7 nitrogen and oxygen atoms in total. The van der Waals surface area contributed by atoms with E-state index in [2.05, 4.69) is 15.5 Å². The van der Waals surface area contributed by atoms with Crippen LogP contribution in [0.2, 0.25) is 0 Å². The molecule has 1 aromatic heterocycles. The molecule has 8 heteroatoms. The van der Waals surface area contributed by atoms with Gasteiger partial charge in [-0.1, -0.05) is 42.1 Å². The van der Waals surface area contributed by atoms with Gasteiger partial charge in [0.25, 0.3) is 0 Å². The number of ether oxygens (including phenoxy) is 1. The third-order valence-corrected chi connectivity index (χ3v) is 5.89. The molecule has 0 radical (unpaired) electrons. The van der Waals surface area contributed by atoms with Gasteiger partial charge in [0.1, 0.15) is 0 Å². The molecule has 3 aromatic rings. The SMILES string of the molecule is CC(Sc1n[nH]c(=O)n1CC1CCCO1)C(=O)Nc1ccc2ccccc2c1. The maximum Gasteiger partial charge on any atom is 0.344 e. The molecule has 0 aliphatic carbocycles. The largest absolute Gasteiger partial charge is 0.376 e. The fraction of sp³-hybridized carbons (Fsp3) is 0.350. The maximum absolute atomic E-state index is 12.6. The number of amides is 1. The van der Waals surface area contributed by atoms with Crippen molar-refractivity contribution >= 4 is 34.1 Å². The number of nitrogens with one attached hydrogen (secondary N) is 2. The van der Waals surface area contributed by atoms with E-state index < -0.39 is 5.25 Å². The predicted molar refractivity (Wildman–Crippen MR) is 110 cm³/mol. The minimum absolute atomic E-state index is 0.0244. The van der Waals surface area contributed by atoms with Crippen LogP contribution in [-0.4, -0.2) is 38.6 Å². The summed E-state index contributed by atoms with van der Waals surface area (Å²) in [5.74, 6) is -0.139. The molecule has 0 saturated carbocycles. The number of aromatic amines is 1. The van der Waals surface area contributed by atoms with Crippen LogP contribution in [0.1, 0.15) is 19.8 Å². The molecule has 2 unspecified atom stereocenters. The lowest BCUT2D eigenvalue weighted by Crippen LogP contribution is -2.26. The average Bonchev–Trinajstić information content (AvgIpc) is 3.33. The fourth-order valence-corrected chi connectivity index (χ4v) is 4.13. The van der Waals surface area contributed by atoms with E-state index in [0.717, 1.165) is 35.9 Å². The topological polar surface area (TPSA) is 89.0 Å². The molecular weight excluding hydrogens is 376 g/mol. The zero-order valence-electron chi connectivity index (χ0n) is 15.6. The summed E-state index contributed by atoms with van der Waals surface area (Å²) in [4.78, 5) is 24.7. The summed E-state index contributed by atoms with van der Waals surface area (Å²) in [6, 6.07) is 13.8. The Balaban J connectivity index is 1.43. The molecule has 2 atom stereocenters. The van der Waals surface area contributed by atoms with Crippen molar-refractivity contribution in [1.29, 1.82) is 0 Å². The van der Waals surface area contributed by atoms with Crippen LogP contribution in [0.25, 0.3) is 10.8 Å². The standard InChI is InChI=1S/C20H22N4O3S/c1-13(18(25)21-16-9-8-14-5-2-3-6-15(14)11-16)28-20-23-22-19(26)24(20)12-17-7-4-10-27-17/h2-3,5-6,8-9,11,13,17H,4,7,10,12H2,1H3,(H,21,25)(H,22,26). The van der Waals surface area contributed by atoms with Gasteiger partial charge in [-0.05, 0) is 42.7 Å². The number of H-pyrrole nitrogens is 1. The van der Waals surface area contributed by atoms with E-state index in [1.54, 1.807) is 11.5 Å². The van der Waals surface area contributed by atoms with E-state index in [4.69, 9.17) is 4.74 Å². The maximum atomic E-state index is 12.6. The second-order valence-corrected chi connectivity index (χ2v) is 8.18. The van der Waals surface area contributed by atoms with Gasteiger partial charge in [-0.15, -0.1) is 5.10 Å². The number of benzene rings is 2. The highest BCUT2D eigenvalue weighted by Crippen LogP contribution is 2.24. The Morgan fingerprint density at radius 2 is 2.18 bits per heavy atom. The lowest BCUT2D eigenvalue weighted by molar-refractivity contribution is -0.115. The van der Waals surface area contributed by atoms with Crippen molar-refractivity contribution in [1.82, 2.24) is 14.8 Å². The lowest BCUT2D eigenvalue weighted by Gasteiger charge is -2.14. The number of rotatable bonds is 6. The Hall–Kier alpha value is -2.58. The Morgan fingerprint density at radius 1 is 1.36 bits per heavy atom. The molecule has 1 aliphatic rings. The van der Waals surface area contributed by atoms with Gasteiger partial charge in [0.2, 0.25) is 5.91 Å². The van der Waals surface area contributed by atoms with Gasteiger partial charge >= 0.3 is 5.69 Å². The van der Waals surface area contributed by atoms with Gasteiger partial charge < -0.3 is 10.1 Å². The quantitative estimate of drug-likeness (QED) is 0.623. The summed E-state index contributed by atoms with van der Waals surface area (Å²) < 4.78 is 7.17. The molecule has 2 aromatic carbocycles. The Bertz CT molecular complexity index is 1040. The number of hydrogen-bond acceptors (Lipinski definition) is 5. The van der Waals surface area contributed by atoms with E-state index in [1.807, 2.05) is 42.5 Å². The average molecular weight is 398 g/mol. The molecule has 0 spiro atoms. The zero-order chi connectivity index (χ0) is 19.5. The first-order valence-electron chi connectivity index (χ1n) is 9.33. The number of thioether (sulfide) groups is 1. The first-order chi connectivity index (χ1) is 13.6. The van der Waals surface area contributed by atoms with E-state index in [9.17, 15) is 9.59 Å². The Labute approximate surface area is 166 Å². The van der Waals surface area contributed by atoms with Crippen molar-refractivity contribution < 1.29 is 9.53 Å². The lowest BCUT2D eigenvalue weighted by atomic mass is 10.1. The predicted octanol–water partition coefficient (Wildman–Crippen LogP) is 3.02. The van der Waals surface area contributed by atoms with Crippen LogP contribution in [0, 0.1) is 0 Å². The van der Waals surface area contributed by atoms with Gasteiger partial charge in [0, 0.05) is 12.3 Å². The number of aromatic nitrogens is 3. The molecule has 0 bridgehead atoms. The van der Waals surface area contributed by atoms with Crippen molar-refractivity contribution in [3.05, 3.63) is 52.9 Å². The highest BCUT2D eigenvalue weighted by atomic mass is 32.2. The van der Waals surface area contributed by atoms with E-state index in [1.165, 1.54) is 11.8 Å². The summed E-state index contributed by atoms with van der Waals surface area (Å²) in [6.07, 6.45) is 1.96. The molecule has 2 N–H and O–H groups in total. The normalized spacial score (nSPS) is 17.7. The second-order valence-electron chi connectivity index (χ2n) is 6.87. The second kappa shape index (κ2) is 8.20. The number of fused-ring (bicyclic) bond motifs is 1. The number of anilines is 1. The number of nitrogens with zero attached hydrogens (tertiary/aromatic N) is 2. The minimum atomic E-state index is -0.412. The highest BCUT2D eigenvalue weighted by Gasteiger charge is 2.23. The van der Waals surface area contributed by atoms with Crippen molar-refractivity contribution in [2.45, 2.75) is 42.8 Å². The van der Waals surface area contributed by atoms with Gasteiger partial charge in [-0.2, -0.15) is 0 Å². The summed E-state index contributed by atoms with van der Waals surface area (Å²) in [7, 11) is 0.